The summed E-state index contributed by atoms with van der Waals surface area (Å²) in [4.78, 5) is 0.0484. The molecule has 0 spiro atoms. The summed E-state index contributed by atoms with van der Waals surface area (Å²) in [6.07, 6.45) is 0. The summed E-state index contributed by atoms with van der Waals surface area (Å²) in [5.41, 5.74) is 0.689. The van der Waals surface area contributed by atoms with Crippen molar-refractivity contribution in [3.05, 3.63) is 23.8 Å². The van der Waals surface area contributed by atoms with Crippen molar-refractivity contribution in [1.82, 2.24) is 4.31 Å². The van der Waals surface area contributed by atoms with Crippen LogP contribution in [0.3, 0.4) is 0 Å². The Labute approximate surface area is 118 Å². The fourth-order valence-electron chi connectivity index (χ4n) is 1.35. The molecule has 1 aromatic rings. The summed E-state index contributed by atoms with van der Waals surface area (Å²) in [5, 5.41) is -0.601. The van der Waals surface area contributed by atoms with E-state index in [1.807, 2.05) is 0 Å². The van der Waals surface area contributed by atoms with Crippen LogP contribution in [0, 0.1) is 6.92 Å². The van der Waals surface area contributed by atoms with Crippen molar-refractivity contribution in [2.75, 3.05) is 24.0 Å². The molecule has 19 heavy (non-hydrogen) atoms. The number of hydrogen-bond acceptors (Lipinski definition) is 4. The molecule has 1 N–H and O–H groups in total. The molecule has 0 aliphatic carbocycles. The van der Waals surface area contributed by atoms with Gasteiger partial charge in [0, 0.05) is 19.8 Å². The van der Waals surface area contributed by atoms with Gasteiger partial charge in [-0.15, -0.1) is 11.6 Å². The van der Waals surface area contributed by atoms with Crippen LogP contribution in [0.15, 0.2) is 23.1 Å². The SMILES string of the molecule is Cc1ccc(NS(=O)(=O)CCl)cc1S(=O)(=O)N(C)C. The minimum atomic E-state index is -3.66. The van der Waals surface area contributed by atoms with Crippen molar-refractivity contribution in [2.24, 2.45) is 0 Å². The molecule has 0 heterocycles. The van der Waals surface area contributed by atoms with Gasteiger partial charge in [-0.1, -0.05) is 6.07 Å². The fourth-order valence-corrected chi connectivity index (χ4v) is 3.19. The van der Waals surface area contributed by atoms with Gasteiger partial charge in [0.15, 0.2) is 0 Å². The second-order valence-electron chi connectivity index (χ2n) is 4.09. The molecule has 9 heteroatoms. The number of benzene rings is 1. The second kappa shape index (κ2) is 5.66. The van der Waals surface area contributed by atoms with E-state index >= 15 is 0 Å². The van der Waals surface area contributed by atoms with Gasteiger partial charge in [-0.2, -0.15) is 0 Å². The van der Waals surface area contributed by atoms with E-state index < -0.39 is 25.3 Å². The number of hydrogen-bond donors (Lipinski definition) is 1. The molecule has 0 saturated carbocycles. The minimum absolute atomic E-state index is 0.0484. The number of anilines is 1. The van der Waals surface area contributed by atoms with Crippen LogP contribution in [0.1, 0.15) is 5.56 Å². The highest BCUT2D eigenvalue weighted by Crippen LogP contribution is 2.23. The van der Waals surface area contributed by atoms with E-state index in [2.05, 4.69) is 4.72 Å². The third kappa shape index (κ3) is 3.82. The number of alkyl halides is 1. The summed E-state index contributed by atoms with van der Waals surface area (Å²) in [5.74, 6) is 0. The van der Waals surface area contributed by atoms with Gasteiger partial charge in [0.2, 0.25) is 20.0 Å². The Hall–Kier alpha value is -0.830. The molecule has 0 radical (unpaired) electrons. The van der Waals surface area contributed by atoms with E-state index in [1.54, 1.807) is 6.92 Å². The Morgan fingerprint density at radius 2 is 1.79 bits per heavy atom. The minimum Gasteiger partial charge on any atom is -0.283 e. The molecular weight excluding hydrogens is 312 g/mol. The average Bonchev–Trinajstić information content (AvgIpc) is 2.31. The van der Waals surface area contributed by atoms with Crippen molar-refractivity contribution in [2.45, 2.75) is 11.8 Å². The molecule has 1 rings (SSSR count). The summed E-state index contributed by atoms with van der Waals surface area (Å²) < 4.78 is 50.1. The van der Waals surface area contributed by atoms with E-state index in [0.717, 1.165) is 4.31 Å². The van der Waals surface area contributed by atoms with Gasteiger partial charge in [-0.25, -0.2) is 21.1 Å². The molecular formula is C10H15ClN2O4S2. The van der Waals surface area contributed by atoms with E-state index in [4.69, 9.17) is 11.6 Å². The van der Waals surface area contributed by atoms with Gasteiger partial charge in [0.25, 0.3) is 0 Å². The lowest BCUT2D eigenvalue weighted by Crippen LogP contribution is -2.23. The van der Waals surface area contributed by atoms with Crippen LogP contribution in [0.5, 0.6) is 0 Å². The van der Waals surface area contributed by atoms with Gasteiger partial charge < -0.3 is 0 Å². The lowest BCUT2D eigenvalue weighted by Gasteiger charge is -2.15. The van der Waals surface area contributed by atoms with Crippen molar-refractivity contribution in [3.63, 3.8) is 0 Å². The number of nitrogens with zero attached hydrogens (tertiary/aromatic N) is 1. The van der Waals surface area contributed by atoms with Gasteiger partial charge in [0.1, 0.15) is 5.21 Å². The molecule has 0 fully saturated rings. The van der Waals surface area contributed by atoms with Crippen LogP contribution in [0.4, 0.5) is 5.69 Å². The lowest BCUT2D eigenvalue weighted by atomic mass is 10.2. The predicted molar refractivity (Wildman–Crippen MR) is 75.3 cm³/mol. The predicted octanol–water partition coefficient (Wildman–Crippen LogP) is 1.18. The zero-order chi connectivity index (χ0) is 14.8. The lowest BCUT2D eigenvalue weighted by molar-refractivity contribution is 0.520. The van der Waals surface area contributed by atoms with E-state index in [1.165, 1.54) is 32.3 Å². The van der Waals surface area contributed by atoms with E-state index in [9.17, 15) is 16.8 Å². The zero-order valence-electron chi connectivity index (χ0n) is 10.7. The van der Waals surface area contributed by atoms with E-state index in [-0.39, 0.29) is 10.6 Å². The van der Waals surface area contributed by atoms with Gasteiger partial charge >= 0.3 is 0 Å². The molecule has 0 unspecified atom stereocenters. The number of halogens is 1. The van der Waals surface area contributed by atoms with Gasteiger partial charge in [-0.05, 0) is 24.6 Å². The first kappa shape index (κ1) is 16.2. The average molecular weight is 327 g/mol. The molecule has 0 saturated heterocycles. The van der Waals surface area contributed by atoms with Crippen LogP contribution in [0.25, 0.3) is 0 Å². The summed E-state index contributed by atoms with van der Waals surface area (Å²) in [7, 11) is -4.47. The highest BCUT2D eigenvalue weighted by molar-refractivity contribution is 7.93. The summed E-state index contributed by atoms with van der Waals surface area (Å²) in [6.45, 7) is 1.64. The Bertz CT molecular complexity index is 669. The Morgan fingerprint density at radius 3 is 2.26 bits per heavy atom. The third-order valence-corrected chi connectivity index (χ3v) is 6.02. The molecule has 6 nitrogen and oxygen atoms in total. The molecule has 0 atom stereocenters. The number of aryl methyl sites for hydroxylation is 1. The fraction of sp³-hybridized carbons (Fsp3) is 0.400. The smallest absolute Gasteiger partial charge is 0.246 e. The summed E-state index contributed by atoms with van der Waals surface area (Å²) in [6, 6.07) is 4.28. The van der Waals surface area contributed by atoms with E-state index in [0.29, 0.717) is 5.56 Å². The second-order valence-corrected chi connectivity index (χ2v) is 8.52. The van der Waals surface area contributed by atoms with Crippen LogP contribution in [-0.4, -0.2) is 40.4 Å². The Balaban J connectivity index is 3.31. The number of nitrogens with one attached hydrogen (secondary N) is 1. The summed E-state index contributed by atoms with van der Waals surface area (Å²) >= 11 is 5.28. The maximum Gasteiger partial charge on any atom is 0.246 e. The van der Waals surface area contributed by atoms with Crippen molar-refractivity contribution in [3.8, 4) is 0 Å². The highest BCUT2D eigenvalue weighted by atomic mass is 35.5. The topological polar surface area (TPSA) is 83.5 Å². The quantitative estimate of drug-likeness (QED) is 0.824. The van der Waals surface area contributed by atoms with Gasteiger partial charge in [-0.3, -0.25) is 4.72 Å². The van der Waals surface area contributed by atoms with Crippen molar-refractivity contribution in [1.29, 1.82) is 0 Å². The zero-order valence-corrected chi connectivity index (χ0v) is 13.1. The molecule has 0 aliphatic rings. The molecule has 0 bridgehead atoms. The van der Waals surface area contributed by atoms with Crippen molar-refractivity contribution < 1.29 is 16.8 Å². The first-order valence-corrected chi connectivity index (χ1v) is 8.82. The van der Waals surface area contributed by atoms with Gasteiger partial charge in [0.05, 0.1) is 4.90 Å². The monoisotopic (exact) mass is 326 g/mol. The standard InChI is InChI=1S/C10H15ClN2O4S2/c1-8-4-5-9(12-18(14,15)7-11)6-10(8)19(16,17)13(2)3/h4-6,12H,7H2,1-3H3. The van der Waals surface area contributed by atoms with Crippen LogP contribution < -0.4 is 4.72 Å². The Morgan fingerprint density at radius 1 is 1.21 bits per heavy atom. The molecule has 0 amide bonds. The maximum absolute atomic E-state index is 12.1. The first-order chi connectivity index (χ1) is 8.60. The maximum atomic E-state index is 12.1. The molecule has 0 aromatic heterocycles. The largest absolute Gasteiger partial charge is 0.283 e. The highest BCUT2D eigenvalue weighted by Gasteiger charge is 2.20. The van der Waals surface area contributed by atoms with Crippen LogP contribution >= 0.6 is 11.6 Å². The normalized spacial score (nSPS) is 12.7. The molecule has 108 valence electrons. The molecule has 1 aromatic carbocycles. The van der Waals surface area contributed by atoms with Crippen LogP contribution in [-0.2, 0) is 20.0 Å². The Kier molecular flexibility index (Phi) is 4.83. The molecule has 0 aliphatic heterocycles. The number of rotatable bonds is 5. The first-order valence-electron chi connectivity index (χ1n) is 5.20. The van der Waals surface area contributed by atoms with Crippen LogP contribution in [0.2, 0.25) is 0 Å². The number of sulfonamides is 2. The van der Waals surface area contributed by atoms with Crippen molar-refractivity contribution >= 4 is 37.3 Å². The third-order valence-electron chi connectivity index (χ3n) is 2.36.